The lowest BCUT2D eigenvalue weighted by molar-refractivity contribution is -0.131. The van der Waals surface area contributed by atoms with E-state index in [2.05, 4.69) is 15.3 Å². The fourth-order valence-corrected chi connectivity index (χ4v) is 4.16. The van der Waals surface area contributed by atoms with Gasteiger partial charge in [-0.2, -0.15) is 9.97 Å². The summed E-state index contributed by atoms with van der Waals surface area (Å²) >= 11 is 13.4. The third-order valence-corrected chi connectivity index (χ3v) is 5.85. The Bertz CT molecular complexity index is 892. The highest BCUT2D eigenvalue weighted by atomic mass is 35.5. The minimum absolute atomic E-state index is 0.0701. The van der Waals surface area contributed by atoms with Crippen LogP contribution in [0.4, 0.5) is 5.82 Å². The van der Waals surface area contributed by atoms with E-state index in [1.165, 1.54) is 18.9 Å². The number of carbonyl (C=O) groups is 1. The van der Waals surface area contributed by atoms with E-state index < -0.39 is 5.97 Å². The molecule has 0 amide bonds. The first kappa shape index (κ1) is 19.8. The number of ether oxygens (including phenoxy) is 1. The average molecular weight is 426 g/mol. The van der Waals surface area contributed by atoms with Gasteiger partial charge in [0, 0.05) is 22.7 Å². The molecule has 9 heteroatoms. The number of nitrogens with one attached hydrogen (secondary N) is 1. The van der Waals surface area contributed by atoms with Crippen molar-refractivity contribution in [3.05, 3.63) is 56.5 Å². The lowest BCUT2D eigenvalue weighted by Gasteiger charge is -2.13. The van der Waals surface area contributed by atoms with Gasteiger partial charge in [-0.25, -0.2) is 4.79 Å². The number of hydrogen-bond donors (Lipinski definition) is 2. The Labute approximate surface area is 171 Å². The number of thioether (sulfide) groups is 1. The van der Waals surface area contributed by atoms with Crippen molar-refractivity contribution >= 4 is 46.8 Å². The summed E-state index contributed by atoms with van der Waals surface area (Å²) in [7, 11) is 1.50. The number of rotatable bonds is 7. The molecule has 0 bridgehead atoms. The van der Waals surface area contributed by atoms with Gasteiger partial charge in [0.25, 0.3) is 0 Å². The minimum atomic E-state index is -0.915. The Morgan fingerprint density at radius 1 is 1.37 bits per heavy atom. The topological polar surface area (TPSA) is 84.3 Å². The van der Waals surface area contributed by atoms with Crippen molar-refractivity contribution < 1.29 is 14.6 Å². The Balaban J connectivity index is 1.67. The van der Waals surface area contributed by atoms with E-state index in [0.717, 1.165) is 11.3 Å². The van der Waals surface area contributed by atoms with Gasteiger partial charge in [-0.1, -0.05) is 35.3 Å². The Kier molecular flexibility index (Phi) is 6.46. The summed E-state index contributed by atoms with van der Waals surface area (Å²) < 4.78 is 5.19. The number of carboxylic acid groups (broad SMARTS) is 1. The second-order valence-corrected chi connectivity index (χ2v) is 7.88. The minimum Gasteiger partial charge on any atom is -0.477 e. The Hall–Kier alpha value is -1.96. The quantitative estimate of drug-likeness (QED) is 0.670. The van der Waals surface area contributed by atoms with Crippen molar-refractivity contribution in [1.82, 2.24) is 9.97 Å². The number of hydrogen-bond acceptors (Lipinski definition) is 6. The molecule has 0 fully saturated rings. The maximum absolute atomic E-state index is 11.1. The third kappa shape index (κ3) is 5.06. The van der Waals surface area contributed by atoms with Gasteiger partial charge in [-0.15, -0.1) is 11.8 Å². The first-order valence-corrected chi connectivity index (χ1v) is 9.80. The molecule has 1 atom stereocenters. The van der Waals surface area contributed by atoms with Gasteiger partial charge in [-0.3, -0.25) is 0 Å². The molecule has 0 saturated heterocycles. The van der Waals surface area contributed by atoms with Crippen LogP contribution in [-0.4, -0.2) is 34.7 Å². The fraction of sp³-hybridized carbons (Fsp3) is 0.278. The number of benzene rings is 1. The summed E-state index contributed by atoms with van der Waals surface area (Å²) in [6.45, 7) is 0.609. The van der Waals surface area contributed by atoms with Gasteiger partial charge in [-0.05, 0) is 30.5 Å². The Morgan fingerprint density at radius 2 is 2.19 bits per heavy atom. The molecular formula is C18H17Cl2N3O3S. The molecule has 1 aromatic carbocycles. The highest BCUT2D eigenvalue weighted by Gasteiger charge is 2.25. The maximum atomic E-state index is 11.1. The van der Waals surface area contributed by atoms with Crippen LogP contribution in [0.2, 0.25) is 10.0 Å². The van der Waals surface area contributed by atoms with E-state index in [0.29, 0.717) is 40.2 Å². The predicted octanol–water partition coefficient (Wildman–Crippen LogP) is 4.59. The molecule has 0 spiro atoms. The molecule has 142 valence electrons. The number of methoxy groups -OCH3 is 1. The summed E-state index contributed by atoms with van der Waals surface area (Å²) in [5, 5.41) is 13.5. The van der Waals surface area contributed by atoms with Crippen LogP contribution >= 0.6 is 35.0 Å². The number of carboxylic acids is 1. The van der Waals surface area contributed by atoms with E-state index in [1.807, 2.05) is 12.1 Å². The van der Waals surface area contributed by atoms with Gasteiger partial charge in [0.1, 0.15) is 5.82 Å². The molecule has 1 aliphatic rings. The van der Waals surface area contributed by atoms with Gasteiger partial charge >= 0.3 is 12.0 Å². The molecule has 0 saturated carbocycles. The monoisotopic (exact) mass is 425 g/mol. The number of allylic oxidation sites excluding steroid dienone is 1. The van der Waals surface area contributed by atoms with E-state index >= 15 is 0 Å². The molecular weight excluding hydrogens is 409 g/mol. The standard InChI is InChI=1S/C18H17Cl2N3O3S/c1-26-18-22-13(14-4-5-15(27-14)17(24)25)9-16(23-18)21-7-6-10-2-3-11(19)8-12(10)20/h2-3,5,8-9,14H,4,6-7H2,1H3,(H,24,25)(H,21,22,23). The molecule has 2 N–H and O–H groups in total. The summed E-state index contributed by atoms with van der Waals surface area (Å²) in [6.07, 6.45) is 3.01. The van der Waals surface area contributed by atoms with Crippen molar-refractivity contribution in [2.75, 3.05) is 19.0 Å². The second-order valence-electron chi connectivity index (χ2n) is 5.79. The normalized spacial score (nSPS) is 16.1. The van der Waals surface area contributed by atoms with Crippen molar-refractivity contribution in [3.63, 3.8) is 0 Å². The lowest BCUT2D eigenvalue weighted by atomic mass is 10.1. The molecule has 1 aromatic heterocycles. The zero-order valence-corrected chi connectivity index (χ0v) is 16.7. The van der Waals surface area contributed by atoms with E-state index in [9.17, 15) is 4.79 Å². The highest BCUT2D eigenvalue weighted by molar-refractivity contribution is 8.04. The molecule has 0 radical (unpaired) electrons. The zero-order chi connectivity index (χ0) is 19.4. The number of halogens is 2. The molecule has 1 unspecified atom stereocenters. The first-order valence-electron chi connectivity index (χ1n) is 8.17. The molecule has 2 heterocycles. The summed E-state index contributed by atoms with van der Waals surface area (Å²) in [4.78, 5) is 20.1. The molecule has 0 aliphatic carbocycles. The van der Waals surface area contributed by atoms with Gasteiger partial charge < -0.3 is 15.2 Å². The van der Waals surface area contributed by atoms with E-state index in [1.54, 1.807) is 18.2 Å². The molecule has 27 heavy (non-hydrogen) atoms. The fourth-order valence-electron chi connectivity index (χ4n) is 2.62. The molecule has 3 rings (SSSR count). The van der Waals surface area contributed by atoms with Crippen molar-refractivity contribution in [3.8, 4) is 6.01 Å². The summed E-state index contributed by atoms with van der Waals surface area (Å²) in [5.74, 6) is -0.298. The van der Waals surface area contributed by atoms with Crippen LogP contribution in [0.1, 0.15) is 22.9 Å². The van der Waals surface area contributed by atoms with Crippen LogP contribution in [0.25, 0.3) is 0 Å². The number of aromatic nitrogens is 2. The maximum Gasteiger partial charge on any atom is 0.341 e. The lowest BCUT2D eigenvalue weighted by Crippen LogP contribution is -2.09. The van der Waals surface area contributed by atoms with Gasteiger partial charge in [0.15, 0.2) is 0 Å². The number of aliphatic carboxylic acids is 1. The first-order chi connectivity index (χ1) is 13.0. The number of nitrogens with zero attached hydrogens (tertiary/aromatic N) is 2. The Morgan fingerprint density at radius 3 is 2.85 bits per heavy atom. The van der Waals surface area contributed by atoms with Gasteiger partial charge in [0.2, 0.25) is 0 Å². The SMILES string of the molecule is COc1nc(NCCc2ccc(Cl)cc2Cl)cc(C2CC=C(C(=O)O)S2)n1. The third-order valence-electron chi connectivity index (χ3n) is 3.95. The second kappa shape index (κ2) is 8.82. The van der Waals surface area contributed by atoms with Gasteiger partial charge in [0.05, 0.1) is 23.0 Å². The summed E-state index contributed by atoms with van der Waals surface area (Å²) in [6, 6.07) is 7.48. The molecule has 1 aliphatic heterocycles. The highest BCUT2D eigenvalue weighted by Crippen LogP contribution is 2.43. The van der Waals surface area contributed by atoms with E-state index in [-0.39, 0.29) is 11.3 Å². The van der Waals surface area contributed by atoms with Crippen molar-refractivity contribution in [2.45, 2.75) is 18.1 Å². The van der Waals surface area contributed by atoms with E-state index in [4.69, 9.17) is 33.0 Å². The average Bonchev–Trinajstić information content (AvgIpc) is 3.14. The van der Waals surface area contributed by atoms with Crippen LogP contribution in [0.5, 0.6) is 6.01 Å². The van der Waals surface area contributed by atoms with Crippen LogP contribution in [0.15, 0.2) is 35.2 Å². The van der Waals surface area contributed by atoms with Crippen LogP contribution < -0.4 is 10.1 Å². The largest absolute Gasteiger partial charge is 0.477 e. The smallest absolute Gasteiger partial charge is 0.341 e. The molecule has 2 aromatic rings. The zero-order valence-electron chi connectivity index (χ0n) is 14.4. The summed E-state index contributed by atoms with van der Waals surface area (Å²) in [5.41, 5.74) is 1.71. The van der Waals surface area contributed by atoms with Crippen LogP contribution in [-0.2, 0) is 11.2 Å². The molecule has 6 nitrogen and oxygen atoms in total. The predicted molar refractivity (Wildman–Crippen MR) is 108 cm³/mol. The van der Waals surface area contributed by atoms with Crippen LogP contribution in [0, 0.1) is 0 Å². The van der Waals surface area contributed by atoms with Crippen molar-refractivity contribution in [2.24, 2.45) is 0 Å². The van der Waals surface area contributed by atoms with Crippen LogP contribution in [0.3, 0.4) is 0 Å². The number of anilines is 1. The van der Waals surface area contributed by atoms with Crippen molar-refractivity contribution in [1.29, 1.82) is 0 Å².